The first-order valence-corrected chi connectivity index (χ1v) is 15.6. The average molecular weight is 640 g/mol. The predicted octanol–water partition coefficient (Wildman–Crippen LogP) is -0.0323. The van der Waals surface area contributed by atoms with Crippen LogP contribution in [0.4, 0.5) is 5.13 Å². The van der Waals surface area contributed by atoms with Crippen LogP contribution in [0.25, 0.3) is 0 Å². The van der Waals surface area contributed by atoms with Gasteiger partial charge in [0.25, 0.3) is 11.8 Å². The van der Waals surface area contributed by atoms with Crippen LogP contribution in [0.15, 0.2) is 81.6 Å². The van der Waals surface area contributed by atoms with Crippen LogP contribution in [0, 0.1) is 0 Å². The number of hydrogen-bond acceptors (Lipinski definition) is 12. The van der Waals surface area contributed by atoms with Crippen molar-refractivity contribution in [3.05, 3.63) is 82.8 Å². The second kappa shape index (κ2) is 12.8. The summed E-state index contributed by atoms with van der Waals surface area (Å²) in [5, 5.41) is 21.1. The fourth-order valence-corrected chi connectivity index (χ4v) is 7.35. The highest BCUT2D eigenvalue weighted by molar-refractivity contribution is 8.01. The van der Waals surface area contributed by atoms with Crippen LogP contribution >= 0.6 is 34.9 Å². The number of nitrogen functional groups attached to an aromatic ring is 1. The summed E-state index contributed by atoms with van der Waals surface area (Å²) in [4.78, 5) is 61.7. The van der Waals surface area contributed by atoms with E-state index in [0.29, 0.717) is 22.6 Å². The Kier molecular flexibility index (Phi) is 8.98. The molecule has 1 fully saturated rings. The second-order valence-electron chi connectivity index (χ2n) is 9.19. The molecule has 4 heterocycles. The Morgan fingerprint density at radius 3 is 2.60 bits per heavy atom. The van der Waals surface area contributed by atoms with E-state index in [1.54, 1.807) is 48.4 Å². The summed E-state index contributed by atoms with van der Waals surface area (Å²) in [7, 11) is 2.93. The molecule has 3 N–H and O–H groups in total. The predicted molar refractivity (Wildman–Crippen MR) is 159 cm³/mol. The minimum Gasteiger partial charge on any atom is -0.543 e. The number of oxime groups is 1. The van der Waals surface area contributed by atoms with Gasteiger partial charge >= 0.3 is 5.91 Å². The van der Waals surface area contributed by atoms with E-state index in [4.69, 9.17) is 10.6 Å². The summed E-state index contributed by atoms with van der Waals surface area (Å²) in [5.41, 5.74) is 6.59. The minimum atomic E-state index is -1.47. The lowest BCUT2D eigenvalue weighted by Crippen LogP contribution is -2.71. The number of nitrogens with zero attached hydrogens (tertiary/aromatic N) is 5. The van der Waals surface area contributed by atoms with Crippen molar-refractivity contribution in [2.24, 2.45) is 5.16 Å². The van der Waals surface area contributed by atoms with Crippen LogP contribution in [0.5, 0.6) is 0 Å². The quantitative estimate of drug-likeness (QED) is 0.101. The Balaban J connectivity index is 1.24. The SMILES string of the molecule is CO/N=C(\C(=O)N[C@@H]1C(=O)N2C(C(=O)[O-])=C(CSc3cc[n+](N(C)C(=O)c4ccccc4)cc3)CS[C@H]12)c1csc(N)n1. The Morgan fingerprint density at radius 2 is 1.98 bits per heavy atom. The highest BCUT2D eigenvalue weighted by Crippen LogP contribution is 2.41. The number of pyridine rings is 1. The molecule has 2 aliphatic rings. The number of aliphatic carboxylic acids is 1. The van der Waals surface area contributed by atoms with Gasteiger partial charge in [-0.05, 0) is 17.7 Å². The van der Waals surface area contributed by atoms with Crippen molar-refractivity contribution in [1.82, 2.24) is 15.2 Å². The third-order valence-corrected chi connectivity index (χ3v) is 9.66. The maximum Gasteiger partial charge on any atom is 0.308 e. The Labute approximate surface area is 258 Å². The van der Waals surface area contributed by atoms with Crippen LogP contribution < -0.4 is 25.8 Å². The first-order valence-electron chi connectivity index (χ1n) is 12.7. The molecule has 0 radical (unpaired) electrons. The summed E-state index contributed by atoms with van der Waals surface area (Å²) >= 11 is 3.84. The molecule has 2 atom stereocenters. The zero-order valence-electron chi connectivity index (χ0n) is 22.8. The van der Waals surface area contributed by atoms with E-state index in [2.05, 4.69) is 15.5 Å². The van der Waals surface area contributed by atoms with Gasteiger partial charge in [0.1, 0.15) is 24.2 Å². The van der Waals surface area contributed by atoms with Gasteiger partial charge in [-0.25, -0.2) is 4.98 Å². The standard InChI is InChI=1S/C27H25N7O6S3/c1-32(23(36)15-6-4-3-5-7-15)33-10-8-17(9-11-33)41-12-16-13-42-25-20(24(37)34(25)21(16)26(38)39)30-22(35)19(31-40-2)18-14-43-27(28)29-18/h3-11,14,20,25H,12-13H2,1-2H3,(H3-,28,29,30,35,38,39)/b31-19-/t20-,25-/m1/s1. The fourth-order valence-electron chi connectivity index (χ4n) is 4.43. The highest BCUT2D eigenvalue weighted by Gasteiger charge is 2.53. The van der Waals surface area contributed by atoms with E-state index in [1.807, 2.05) is 18.2 Å². The van der Waals surface area contributed by atoms with Crippen LogP contribution in [0.1, 0.15) is 16.1 Å². The summed E-state index contributed by atoms with van der Waals surface area (Å²) in [6.07, 6.45) is 3.46. The van der Waals surface area contributed by atoms with Gasteiger partial charge < -0.3 is 25.8 Å². The van der Waals surface area contributed by atoms with E-state index in [9.17, 15) is 24.3 Å². The number of hydrogen-bond donors (Lipinski definition) is 2. The van der Waals surface area contributed by atoms with Crippen molar-refractivity contribution in [3.63, 3.8) is 0 Å². The number of aromatic nitrogens is 2. The normalized spacial score (nSPS) is 18.0. The molecule has 1 aromatic carbocycles. The van der Waals surface area contributed by atoms with Crippen molar-refractivity contribution in [1.29, 1.82) is 0 Å². The number of nitrogens with two attached hydrogens (primary N) is 1. The zero-order chi connectivity index (χ0) is 30.7. The smallest absolute Gasteiger partial charge is 0.308 e. The Bertz CT molecular complexity index is 1630. The van der Waals surface area contributed by atoms with Crippen molar-refractivity contribution >= 4 is 69.4 Å². The van der Waals surface area contributed by atoms with Crippen LogP contribution in [0.3, 0.4) is 0 Å². The number of β-lactam (4-membered cyclic amide) rings is 1. The lowest BCUT2D eigenvalue weighted by molar-refractivity contribution is -0.679. The molecule has 0 aliphatic carbocycles. The number of thiazole rings is 1. The molecular weight excluding hydrogens is 615 g/mol. The average Bonchev–Trinajstić information content (AvgIpc) is 3.46. The molecule has 1 saturated heterocycles. The van der Waals surface area contributed by atoms with E-state index in [1.165, 1.54) is 41.0 Å². The molecule has 222 valence electrons. The molecule has 0 bridgehead atoms. The molecule has 13 nitrogen and oxygen atoms in total. The number of fused-ring (bicyclic) bond motifs is 1. The summed E-state index contributed by atoms with van der Waals surface area (Å²) in [6.45, 7) is 0. The van der Waals surface area contributed by atoms with E-state index in [-0.39, 0.29) is 28.1 Å². The van der Waals surface area contributed by atoms with E-state index >= 15 is 0 Å². The maximum atomic E-state index is 13.1. The largest absolute Gasteiger partial charge is 0.543 e. The number of amides is 3. The summed E-state index contributed by atoms with van der Waals surface area (Å²) in [6, 6.07) is 11.6. The molecule has 0 unspecified atom stereocenters. The number of carbonyl (C=O) groups excluding carboxylic acids is 4. The molecule has 16 heteroatoms. The minimum absolute atomic E-state index is 0.157. The highest BCUT2D eigenvalue weighted by atomic mass is 32.2. The van der Waals surface area contributed by atoms with Crippen molar-refractivity contribution in [2.45, 2.75) is 16.3 Å². The lowest BCUT2D eigenvalue weighted by atomic mass is 10.0. The molecule has 3 aromatic rings. The van der Waals surface area contributed by atoms with Crippen molar-refractivity contribution in [2.75, 3.05) is 36.4 Å². The number of carboxylic acids is 1. The molecule has 43 heavy (non-hydrogen) atoms. The van der Waals surface area contributed by atoms with Crippen LogP contribution in [-0.4, -0.2) is 76.4 Å². The van der Waals surface area contributed by atoms with Gasteiger partial charge in [0, 0.05) is 39.5 Å². The number of benzene rings is 1. The Morgan fingerprint density at radius 1 is 1.26 bits per heavy atom. The summed E-state index contributed by atoms with van der Waals surface area (Å²) < 4.78 is 1.64. The first-order chi connectivity index (χ1) is 20.7. The molecule has 0 spiro atoms. The van der Waals surface area contributed by atoms with Crippen LogP contribution in [-0.2, 0) is 19.2 Å². The number of anilines is 1. The van der Waals surface area contributed by atoms with Gasteiger partial charge in [-0.15, -0.1) is 39.9 Å². The number of rotatable bonds is 10. The monoisotopic (exact) mass is 639 g/mol. The van der Waals surface area contributed by atoms with Crippen molar-refractivity contribution < 1.29 is 33.8 Å². The first kappa shape index (κ1) is 30.1. The molecule has 0 saturated carbocycles. The maximum absolute atomic E-state index is 13.1. The topological polar surface area (TPSA) is 174 Å². The van der Waals surface area contributed by atoms with Crippen LogP contribution in [0.2, 0.25) is 0 Å². The molecule has 2 aromatic heterocycles. The molecule has 3 amide bonds. The summed E-state index contributed by atoms with van der Waals surface area (Å²) in [5.74, 6) is -2.31. The van der Waals surface area contributed by atoms with E-state index < -0.39 is 29.2 Å². The number of carbonyl (C=O) groups is 4. The lowest BCUT2D eigenvalue weighted by Gasteiger charge is -2.50. The zero-order valence-corrected chi connectivity index (χ0v) is 25.3. The van der Waals surface area contributed by atoms with E-state index in [0.717, 1.165) is 21.1 Å². The number of carboxylic acid groups (broad SMARTS) is 1. The van der Waals surface area contributed by atoms with Gasteiger partial charge in [0.15, 0.2) is 10.8 Å². The third kappa shape index (κ3) is 6.21. The molecule has 2 aliphatic heterocycles. The number of thioether (sulfide) groups is 2. The third-order valence-electron chi connectivity index (χ3n) is 6.55. The Hall–Kier alpha value is -4.41. The van der Waals surface area contributed by atoms with Gasteiger partial charge in [-0.2, -0.15) is 0 Å². The fraction of sp³-hybridized carbons (Fsp3) is 0.222. The molecular formula is C27H25N7O6S3. The van der Waals surface area contributed by atoms with Gasteiger partial charge in [-0.3, -0.25) is 19.3 Å². The van der Waals surface area contributed by atoms with Crippen molar-refractivity contribution in [3.8, 4) is 0 Å². The van der Waals surface area contributed by atoms with Gasteiger partial charge in [-0.1, -0.05) is 28.0 Å². The van der Waals surface area contributed by atoms with Gasteiger partial charge in [0.2, 0.25) is 12.4 Å². The molecule has 5 rings (SSSR count). The second-order valence-corrected chi connectivity index (χ2v) is 12.2. The van der Waals surface area contributed by atoms with Gasteiger partial charge in [0.05, 0.1) is 18.7 Å². The number of nitrogens with one attached hydrogen (secondary N) is 1.